The number of aromatic nitrogens is 2. The number of alkyl halides is 1. The zero-order chi connectivity index (χ0) is 22.6. The monoisotopic (exact) mass is 487 g/mol. The first kappa shape index (κ1) is 23.7. The fraction of sp³-hybridized carbons (Fsp3) is 0.400. The SMILES string of the molecule is Cc1sc(SCCCCCF)c2c(NS(=O)(=O)Cc3ccc(F)cc3)nc(=O)n-2c1C. The largest absolute Gasteiger partial charge is 0.354 e. The van der Waals surface area contributed by atoms with Gasteiger partial charge in [-0.3, -0.25) is 13.7 Å². The maximum Gasteiger partial charge on any atom is 0.354 e. The van der Waals surface area contributed by atoms with E-state index in [2.05, 4.69) is 9.71 Å². The second kappa shape index (κ2) is 10.1. The number of halogens is 2. The molecular formula is C20H23F2N3O3S3. The number of benzene rings is 1. The highest BCUT2D eigenvalue weighted by Crippen LogP contribution is 2.38. The van der Waals surface area contributed by atoms with E-state index in [0.29, 0.717) is 23.4 Å². The Kier molecular flexibility index (Phi) is 7.71. The molecule has 0 unspecified atom stereocenters. The van der Waals surface area contributed by atoms with Gasteiger partial charge in [-0.15, -0.1) is 23.1 Å². The predicted octanol–water partition coefficient (Wildman–Crippen LogP) is 4.66. The lowest BCUT2D eigenvalue weighted by atomic mass is 10.2. The summed E-state index contributed by atoms with van der Waals surface area (Å²) in [7, 11) is -3.88. The highest BCUT2D eigenvalue weighted by molar-refractivity contribution is 8.01. The van der Waals surface area contributed by atoms with Crippen molar-refractivity contribution in [1.82, 2.24) is 9.55 Å². The van der Waals surface area contributed by atoms with Crippen molar-refractivity contribution in [2.75, 3.05) is 17.1 Å². The molecule has 0 aliphatic carbocycles. The highest BCUT2D eigenvalue weighted by atomic mass is 32.2. The second-order valence-corrected chi connectivity index (χ2v) is 11.4. The second-order valence-electron chi connectivity index (χ2n) is 7.04. The van der Waals surface area contributed by atoms with Crippen LogP contribution < -0.4 is 10.4 Å². The molecule has 6 nitrogen and oxygen atoms in total. The smallest absolute Gasteiger partial charge is 0.265 e. The summed E-state index contributed by atoms with van der Waals surface area (Å²) < 4.78 is 55.4. The summed E-state index contributed by atoms with van der Waals surface area (Å²) in [6.07, 6.45) is 2.08. The van der Waals surface area contributed by atoms with Crippen LogP contribution in [-0.4, -0.2) is 30.4 Å². The van der Waals surface area contributed by atoms with Crippen LogP contribution in [0.5, 0.6) is 0 Å². The number of rotatable bonds is 10. The maximum absolute atomic E-state index is 13.1. The molecule has 2 aliphatic heterocycles. The molecule has 1 aromatic carbocycles. The van der Waals surface area contributed by atoms with Crippen LogP contribution in [0.4, 0.5) is 14.6 Å². The van der Waals surface area contributed by atoms with Crippen molar-refractivity contribution in [2.24, 2.45) is 0 Å². The number of thioether (sulfide) groups is 1. The Morgan fingerprint density at radius 3 is 2.55 bits per heavy atom. The molecule has 0 aromatic heterocycles. The molecule has 0 atom stereocenters. The molecule has 168 valence electrons. The van der Waals surface area contributed by atoms with Gasteiger partial charge in [-0.2, -0.15) is 4.98 Å². The number of imidazole rings is 1. The van der Waals surface area contributed by atoms with Gasteiger partial charge in [0.2, 0.25) is 10.0 Å². The van der Waals surface area contributed by atoms with E-state index in [9.17, 15) is 22.0 Å². The van der Waals surface area contributed by atoms with Crippen molar-refractivity contribution in [2.45, 2.75) is 43.1 Å². The van der Waals surface area contributed by atoms with Gasteiger partial charge in [0, 0.05) is 10.6 Å². The van der Waals surface area contributed by atoms with E-state index in [1.165, 1.54) is 51.9 Å². The number of hydrogen-bond donors (Lipinski definition) is 1. The molecule has 31 heavy (non-hydrogen) atoms. The third kappa shape index (κ3) is 5.83. The van der Waals surface area contributed by atoms with Gasteiger partial charge < -0.3 is 0 Å². The highest BCUT2D eigenvalue weighted by Gasteiger charge is 2.26. The zero-order valence-corrected chi connectivity index (χ0v) is 19.6. The first-order valence-electron chi connectivity index (χ1n) is 9.68. The number of unbranched alkanes of at least 4 members (excludes halogenated alkanes) is 2. The number of hydrogen-bond acceptors (Lipinski definition) is 6. The maximum atomic E-state index is 13.1. The molecule has 1 aromatic rings. The number of nitrogens with one attached hydrogen (secondary N) is 1. The lowest BCUT2D eigenvalue weighted by Gasteiger charge is -2.16. The Hall–Kier alpha value is -1.98. The number of aryl methyl sites for hydroxylation is 1. The van der Waals surface area contributed by atoms with Crippen LogP contribution in [0.15, 0.2) is 33.3 Å². The van der Waals surface area contributed by atoms with Crippen LogP contribution in [0.1, 0.15) is 35.4 Å². The summed E-state index contributed by atoms with van der Waals surface area (Å²) in [5, 5.41) is 0. The predicted molar refractivity (Wildman–Crippen MR) is 122 cm³/mol. The van der Waals surface area contributed by atoms with E-state index in [-0.39, 0.29) is 18.2 Å². The van der Waals surface area contributed by atoms with Crippen LogP contribution in [0, 0.1) is 19.7 Å². The minimum atomic E-state index is -3.88. The topological polar surface area (TPSA) is 81.1 Å². The summed E-state index contributed by atoms with van der Waals surface area (Å²) in [6, 6.07) is 5.18. The molecular weight excluding hydrogens is 464 g/mol. The van der Waals surface area contributed by atoms with Crippen molar-refractivity contribution in [3.8, 4) is 5.69 Å². The minimum Gasteiger partial charge on any atom is -0.265 e. The normalized spacial score (nSPS) is 11.9. The molecule has 0 bridgehead atoms. The minimum absolute atomic E-state index is 0.0160. The molecule has 1 N–H and O–H groups in total. The molecule has 0 radical (unpaired) electrons. The Morgan fingerprint density at radius 2 is 1.87 bits per heavy atom. The van der Waals surface area contributed by atoms with E-state index >= 15 is 0 Å². The van der Waals surface area contributed by atoms with Gasteiger partial charge in [0.1, 0.15) is 11.5 Å². The summed E-state index contributed by atoms with van der Waals surface area (Å²) in [5.74, 6) is -0.126. The van der Waals surface area contributed by atoms with Crippen LogP contribution in [0.3, 0.4) is 0 Å². The molecule has 0 fully saturated rings. The van der Waals surface area contributed by atoms with Gasteiger partial charge in [0.25, 0.3) is 0 Å². The van der Waals surface area contributed by atoms with E-state index in [1.54, 1.807) is 6.92 Å². The average Bonchev–Trinajstić information content (AvgIpc) is 3.02. The zero-order valence-electron chi connectivity index (χ0n) is 17.2. The molecule has 0 amide bonds. The lowest BCUT2D eigenvalue weighted by Crippen LogP contribution is -2.17. The van der Waals surface area contributed by atoms with Gasteiger partial charge in [-0.1, -0.05) is 18.6 Å². The van der Waals surface area contributed by atoms with Crippen molar-refractivity contribution in [3.05, 3.63) is 56.7 Å². The van der Waals surface area contributed by atoms with Crippen LogP contribution in [0.2, 0.25) is 0 Å². The molecule has 11 heteroatoms. The number of sulfonamides is 1. The average molecular weight is 488 g/mol. The van der Waals surface area contributed by atoms with E-state index in [1.807, 2.05) is 6.92 Å². The van der Waals surface area contributed by atoms with Gasteiger partial charge in [-0.05, 0) is 50.1 Å². The van der Waals surface area contributed by atoms with E-state index in [0.717, 1.165) is 27.7 Å². The van der Waals surface area contributed by atoms with Gasteiger partial charge in [-0.25, -0.2) is 17.6 Å². The fourth-order valence-corrected chi connectivity index (χ4v) is 6.67. The summed E-state index contributed by atoms with van der Waals surface area (Å²) in [6.45, 7) is 3.34. The third-order valence-corrected chi connectivity index (χ3v) is 8.41. The lowest BCUT2D eigenvalue weighted by molar-refractivity contribution is 0.460. The fourth-order valence-electron chi connectivity index (χ4n) is 3.01. The molecule has 0 spiro atoms. The van der Waals surface area contributed by atoms with Crippen LogP contribution >= 0.6 is 23.1 Å². The summed E-state index contributed by atoms with van der Waals surface area (Å²) in [5.41, 5.74) is 0.985. The Balaban J connectivity index is 1.91. The number of fused-ring (bicyclic) bond motifs is 1. The Bertz CT molecular complexity index is 1170. The number of anilines is 1. The molecule has 2 aliphatic rings. The van der Waals surface area contributed by atoms with Crippen LogP contribution in [-0.2, 0) is 15.8 Å². The molecule has 0 saturated carbocycles. The number of nitrogens with zero attached hydrogens (tertiary/aromatic N) is 2. The molecule has 3 rings (SSSR count). The molecule has 0 saturated heterocycles. The van der Waals surface area contributed by atoms with Crippen molar-refractivity contribution in [1.29, 1.82) is 0 Å². The molecule has 2 heterocycles. The summed E-state index contributed by atoms with van der Waals surface area (Å²) in [4.78, 5) is 17.4. The van der Waals surface area contributed by atoms with Crippen molar-refractivity contribution in [3.63, 3.8) is 0 Å². The quantitative estimate of drug-likeness (QED) is 0.332. The van der Waals surface area contributed by atoms with E-state index in [4.69, 9.17) is 0 Å². The Labute approximate surface area is 188 Å². The van der Waals surface area contributed by atoms with Crippen LogP contribution in [0.25, 0.3) is 5.69 Å². The standard InChI is InChI=1S/C20H23F2N3O3S3/c1-13-14(2)30-19(29-11-5-3-4-10-21)17-18(23-20(26)25(13)17)24-31(27,28)12-15-6-8-16(22)9-7-15/h6-9H,3-5,10-12H2,1-2H3,(H,23,24,26). The van der Waals surface area contributed by atoms with Crippen molar-refractivity contribution < 1.29 is 17.2 Å². The summed E-state index contributed by atoms with van der Waals surface area (Å²) >= 11 is 2.97. The third-order valence-electron chi connectivity index (χ3n) is 4.66. The Morgan fingerprint density at radius 1 is 1.16 bits per heavy atom. The van der Waals surface area contributed by atoms with E-state index < -0.39 is 21.5 Å². The van der Waals surface area contributed by atoms with Crippen molar-refractivity contribution >= 4 is 38.9 Å². The van der Waals surface area contributed by atoms with Gasteiger partial charge in [0.15, 0.2) is 5.82 Å². The van der Waals surface area contributed by atoms with Gasteiger partial charge in [0.05, 0.1) is 16.6 Å². The first-order chi connectivity index (χ1) is 14.7. The first-order valence-corrected chi connectivity index (χ1v) is 13.1. The van der Waals surface area contributed by atoms with Gasteiger partial charge >= 0.3 is 5.69 Å².